The summed E-state index contributed by atoms with van der Waals surface area (Å²) >= 11 is 0. The largest absolute Gasteiger partial charge is 0.271 e. The number of aryl methyl sites for hydroxylation is 2. The molecule has 6 nitrogen and oxygen atoms in total. The fourth-order valence-corrected chi connectivity index (χ4v) is 1.75. The molecule has 1 unspecified atom stereocenters. The van der Waals surface area contributed by atoms with Gasteiger partial charge in [-0.15, -0.1) is 10.2 Å². The zero-order valence-electron chi connectivity index (χ0n) is 9.96. The van der Waals surface area contributed by atoms with Crippen LogP contribution in [0.4, 0.5) is 0 Å². The fraction of sp³-hybridized carbons (Fsp3) is 0.364. The Morgan fingerprint density at radius 2 is 2.29 bits per heavy atom. The Kier molecular flexibility index (Phi) is 3.46. The standard InChI is InChI=1S/C11H16N6/c1-8-4-3-5-9(6-8)10(13-12)7-11-14-16-17(2)15-11/h3-6,10,13H,7,12H2,1-2H3. The van der Waals surface area contributed by atoms with Crippen molar-refractivity contribution in [3.05, 3.63) is 41.2 Å². The number of benzene rings is 1. The van der Waals surface area contributed by atoms with Crippen LogP contribution in [0, 0.1) is 6.92 Å². The van der Waals surface area contributed by atoms with Crippen LogP contribution in [0.2, 0.25) is 0 Å². The van der Waals surface area contributed by atoms with Gasteiger partial charge in [-0.2, -0.15) is 4.80 Å². The number of tetrazole rings is 1. The van der Waals surface area contributed by atoms with Crippen LogP contribution in [0.1, 0.15) is 23.0 Å². The van der Waals surface area contributed by atoms with Crippen molar-refractivity contribution < 1.29 is 0 Å². The van der Waals surface area contributed by atoms with Crippen molar-refractivity contribution >= 4 is 0 Å². The summed E-state index contributed by atoms with van der Waals surface area (Å²) in [4.78, 5) is 1.44. The zero-order valence-corrected chi connectivity index (χ0v) is 9.96. The van der Waals surface area contributed by atoms with E-state index in [0.29, 0.717) is 12.2 Å². The number of nitrogens with one attached hydrogen (secondary N) is 1. The molecule has 0 spiro atoms. The molecular formula is C11H16N6. The van der Waals surface area contributed by atoms with Crippen molar-refractivity contribution in [3.8, 4) is 0 Å². The van der Waals surface area contributed by atoms with Crippen molar-refractivity contribution in [1.29, 1.82) is 0 Å². The first kappa shape index (κ1) is 11.7. The fourth-order valence-electron chi connectivity index (χ4n) is 1.75. The highest BCUT2D eigenvalue weighted by Gasteiger charge is 2.13. The molecule has 3 N–H and O–H groups in total. The summed E-state index contributed by atoms with van der Waals surface area (Å²) in [6.07, 6.45) is 0.619. The van der Waals surface area contributed by atoms with Crippen molar-refractivity contribution in [3.63, 3.8) is 0 Å². The monoisotopic (exact) mass is 232 g/mol. The number of rotatable bonds is 4. The molecule has 17 heavy (non-hydrogen) atoms. The molecule has 0 bridgehead atoms. The minimum Gasteiger partial charge on any atom is -0.271 e. The first-order valence-electron chi connectivity index (χ1n) is 5.44. The second-order valence-corrected chi connectivity index (χ2v) is 4.03. The molecule has 6 heteroatoms. The van der Waals surface area contributed by atoms with E-state index in [4.69, 9.17) is 5.84 Å². The van der Waals surface area contributed by atoms with E-state index in [9.17, 15) is 0 Å². The second kappa shape index (κ2) is 5.03. The third-order valence-corrected chi connectivity index (χ3v) is 2.58. The van der Waals surface area contributed by atoms with Gasteiger partial charge in [0, 0.05) is 6.42 Å². The second-order valence-electron chi connectivity index (χ2n) is 4.03. The molecule has 1 aromatic carbocycles. The number of nitrogens with two attached hydrogens (primary N) is 1. The van der Waals surface area contributed by atoms with Gasteiger partial charge >= 0.3 is 0 Å². The molecule has 0 amide bonds. The Morgan fingerprint density at radius 1 is 1.47 bits per heavy atom. The van der Waals surface area contributed by atoms with Crippen molar-refractivity contribution in [2.75, 3.05) is 0 Å². The number of hydrogen-bond acceptors (Lipinski definition) is 5. The van der Waals surface area contributed by atoms with Crippen molar-refractivity contribution in [2.24, 2.45) is 12.9 Å². The van der Waals surface area contributed by atoms with Gasteiger partial charge in [-0.1, -0.05) is 29.8 Å². The van der Waals surface area contributed by atoms with E-state index in [-0.39, 0.29) is 6.04 Å². The molecule has 1 heterocycles. The van der Waals surface area contributed by atoms with Gasteiger partial charge in [-0.3, -0.25) is 11.3 Å². The van der Waals surface area contributed by atoms with Crippen molar-refractivity contribution in [2.45, 2.75) is 19.4 Å². The topological polar surface area (TPSA) is 81.7 Å². The van der Waals surface area contributed by atoms with Crippen LogP contribution in [-0.4, -0.2) is 20.2 Å². The van der Waals surface area contributed by atoms with Crippen LogP contribution in [0.15, 0.2) is 24.3 Å². The lowest BCUT2D eigenvalue weighted by molar-refractivity contribution is 0.536. The van der Waals surface area contributed by atoms with Gasteiger partial charge in [0.2, 0.25) is 0 Å². The lowest BCUT2D eigenvalue weighted by Gasteiger charge is -2.14. The molecule has 1 aromatic heterocycles. The van der Waals surface area contributed by atoms with Crippen LogP contribution >= 0.6 is 0 Å². The summed E-state index contributed by atoms with van der Waals surface area (Å²) in [6.45, 7) is 2.05. The van der Waals surface area contributed by atoms with E-state index < -0.39 is 0 Å². The maximum Gasteiger partial charge on any atom is 0.176 e. The van der Waals surface area contributed by atoms with Gasteiger partial charge in [0.25, 0.3) is 0 Å². The van der Waals surface area contributed by atoms with Gasteiger partial charge in [0.05, 0.1) is 13.1 Å². The summed E-state index contributed by atoms with van der Waals surface area (Å²) < 4.78 is 0. The van der Waals surface area contributed by atoms with E-state index in [2.05, 4.69) is 39.9 Å². The lowest BCUT2D eigenvalue weighted by Crippen LogP contribution is -2.30. The average molecular weight is 232 g/mol. The molecule has 0 aliphatic rings. The summed E-state index contributed by atoms with van der Waals surface area (Å²) in [7, 11) is 1.74. The summed E-state index contributed by atoms with van der Waals surface area (Å²) in [5.74, 6) is 6.25. The van der Waals surface area contributed by atoms with E-state index in [1.165, 1.54) is 10.4 Å². The van der Waals surface area contributed by atoms with E-state index in [1.807, 2.05) is 12.1 Å². The van der Waals surface area contributed by atoms with Gasteiger partial charge in [-0.05, 0) is 17.7 Å². The number of nitrogens with zero attached hydrogens (tertiary/aromatic N) is 4. The summed E-state index contributed by atoms with van der Waals surface area (Å²) in [5, 5.41) is 11.9. The number of hydrogen-bond donors (Lipinski definition) is 2. The van der Waals surface area contributed by atoms with Crippen LogP contribution in [-0.2, 0) is 13.5 Å². The molecule has 0 saturated heterocycles. The predicted octanol–water partition coefficient (Wildman–Crippen LogP) is 0.266. The molecule has 0 aliphatic heterocycles. The smallest absolute Gasteiger partial charge is 0.176 e. The van der Waals surface area contributed by atoms with E-state index >= 15 is 0 Å². The van der Waals surface area contributed by atoms with Crippen LogP contribution in [0.3, 0.4) is 0 Å². The summed E-state index contributed by atoms with van der Waals surface area (Å²) in [6, 6.07) is 8.20. The van der Waals surface area contributed by atoms with Crippen molar-refractivity contribution in [1.82, 2.24) is 25.6 Å². The third-order valence-electron chi connectivity index (χ3n) is 2.58. The van der Waals surface area contributed by atoms with Crippen LogP contribution < -0.4 is 11.3 Å². The molecule has 0 radical (unpaired) electrons. The lowest BCUT2D eigenvalue weighted by atomic mass is 10.0. The molecule has 2 rings (SSSR count). The van der Waals surface area contributed by atoms with Gasteiger partial charge < -0.3 is 0 Å². The van der Waals surface area contributed by atoms with E-state index in [1.54, 1.807) is 7.05 Å². The Hall–Kier alpha value is -1.79. The highest BCUT2D eigenvalue weighted by molar-refractivity contribution is 5.25. The maximum atomic E-state index is 5.58. The Balaban J connectivity index is 2.16. The zero-order chi connectivity index (χ0) is 12.3. The Morgan fingerprint density at radius 3 is 2.88 bits per heavy atom. The van der Waals surface area contributed by atoms with Gasteiger partial charge in [-0.25, -0.2) is 0 Å². The number of aromatic nitrogens is 4. The minimum atomic E-state index is -0.000833. The Bertz CT molecular complexity index is 492. The predicted molar refractivity (Wildman–Crippen MR) is 63.7 cm³/mol. The highest BCUT2D eigenvalue weighted by Crippen LogP contribution is 2.16. The SMILES string of the molecule is Cc1cccc(C(Cc2nnn(C)n2)NN)c1. The minimum absolute atomic E-state index is 0.000833. The molecule has 90 valence electrons. The molecule has 0 aliphatic carbocycles. The average Bonchev–Trinajstić information content (AvgIpc) is 2.72. The Labute approximate surface area is 99.8 Å². The molecular weight excluding hydrogens is 216 g/mol. The maximum absolute atomic E-state index is 5.58. The van der Waals surface area contributed by atoms with Crippen LogP contribution in [0.25, 0.3) is 0 Å². The summed E-state index contributed by atoms with van der Waals surface area (Å²) in [5.41, 5.74) is 5.11. The molecule has 0 saturated carbocycles. The molecule has 1 atom stereocenters. The highest BCUT2D eigenvalue weighted by atomic mass is 15.6. The third kappa shape index (κ3) is 2.86. The molecule has 0 fully saturated rings. The van der Waals surface area contributed by atoms with Gasteiger partial charge in [0.1, 0.15) is 0 Å². The van der Waals surface area contributed by atoms with Gasteiger partial charge in [0.15, 0.2) is 5.82 Å². The van der Waals surface area contributed by atoms with E-state index in [0.717, 1.165) is 5.56 Å². The number of hydrazine groups is 1. The first-order valence-corrected chi connectivity index (χ1v) is 5.44. The first-order chi connectivity index (χ1) is 8.19. The molecule has 2 aromatic rings. The normalized spacial score (nSPS) is 12.6. The van der Waals surface area contributed by atoms with Crippen LogP contribution in [0.5, 0.6) is 0 Å². The quantitative estimate of drug-likeness (QED) is 0.584.